The average Bonchev–Trinajstić information content (AvgIpc) is 2.40. The Balaban J connectivity index is 0.00000162. The molecule has 0 spiro atoms. The van der Waals surface area contributed by atoms with Gasteiger partial charge in [-0.15, -0.1) is 12.4 Å². The minimum atomic E-state index is -0.212. The first-order chi connectivity index (χ1) is 8.31. The van der Waals surface area contributed by atoms with E-state index in [9.17, 15) is 4.79 Å². The predicted octanol–water partition coefficient (Wildman–Crippen LogP) is 0.282. The van der Waals surface area contributed by atoms with E-state index in [1.165, 1.54) is 20.0 Å². The molecule has 2 fully saturated rings. The van der Waals surface area contributed by atoms with E-state index in [0.717, 1.165) is 26.2 Å². The summed E-state index contributed by atoms with van der Waals surface area (Å²) in [5.41, 5.74) is 0. The molecular formula is C12H23ClN2O3. The Hall–Kier alpha value is -0.360. The Morgan fingerprint density at radius 3 is 3.06 bits per heavy atom. The molecule has 2 saturated heterocycles. The number of piperidine rings is 1. The average molecular weight is 279 g/mol. The fraction of sp³-hybridized carbons (Fsp3) is 0.917. The van der Waals surface area contributed by atoms with Gasteiger partial charge in [0.2, 0.25) is 0 Å². The molecule has 0 aromatic carbocycles. The summed E-state index contributed by atoms with van der Waals surface area (Å²) in [6.45, 7) is 5.16. The Kier molecular flexibility index (Phi) is 6.92. The Labute approximate surface area is 115 Å². The zero-order chi connectivity index (χ0) is 12.1. The van der Waals surface area contributed by atoms with Gasteiger partial charge in [-0.25, -0.2) is 0 Å². The zero-order valence-electron chi connectivity index (χ0n) is 10.9. The van der Waals surface area contributed by atoms with E-state index in [1.54, 1.807) is 0 Å². The summed E-state index contributed by atoms with van der Waals surface area (Å²) in [6.07, 6.45) is 2.48. The van der Waals surface area contributed by atoms with Crippen LogP contribution in [0.4, 0.5) is 0 Å². The van der Waals surface area contributed by atoms with Gasteiger partial charge in [0.15, 0.2) is 0 Å². The molecule has 2 unspecified atom stereocenters. The Morgan fingerprint density at radius 2 is 2.39 bits per heavy atom. The van der Waals surface area contributed by atoms with Crippen LogP contribution in [0.1, 0.15) is 12.8 Å². The van der Waals surface area contributed by atoms with Gasteiger partial charge in [-0.2, -0.15) is 0 Å². The summed E-state index contributed by atoms with van der Waals surface area (Å²) < 4.78 is 10.2. The van der Waals surface area contributed by atoms with E-state index in [0.29, 0.717) is 19.1 Å². The van der Waals surface area contributed by atoms with Gasteiger partial charge < -0.3 is 14.8 Å². The highest BCUT2D eigenvalue weighted by molar-refractivity contribution is 5.85. The van der Waals surface area contributed by atoms with Gasteiger partial charge in [-0.05, 0) is 31.8 Å². The Morgan fingerprint density at radius 1 is 1.56 bits per heavy atom. The molecule has 2 aliphatic rings. The number of hydrogen-bond acceptors (Lipinski definition) is 5. The fourth-order valence-corrected chi connectivity index (χ4v) is 2.62. The second-order valence-corrected chi connectivity index (χ2v) is 4.82. The maximum absolute atomic E-state index is 11.7. The maximum Gasteiger partial charge on any atom is 0.325 e. The van der Waals surface area contributed by atoms with E-state index in [1.807, 2.05) is 0 Å². The molecule has 18 heavy (non-hydrogen) atoms. The van der Waals surface area contributed by atoms with Crippen molar-refractivity contribution < 1.29 is 14.3 Å². The summed E-state index contributed by atoms with van der Waals surface area (Å²) in [7, 11) is 1.44. The fourth-order valence-electron chi connectivity index (χ4n) is 2.62. The van der Waals surface area contributed by atoms with Crippen LogP contribution in [0, 0.1) is 5.92 Å². The van der Waals surface area contributed by atoms with Crippen molar-refractivity contribution in [2.75, 3.05) is 46.5 Å². The van der Waals surface area contributed by atoms with Crippen molar-refractivity contribution in [1.82, 2.24) is 10.2 Å². The number of rotatable bonds is 3. The van der Waals surface area contributed by atoms with Crippen molar-refractivity contribution in [3.05, 3.63) is 0 Å². The van der Waals surface area contributed by atoms with E-state index in [2.05, 4.69) is 10.2 Å². The number of nitrogens with zero attached hydrogens (tertiary/aromatic N) is 1. The van der Waals surface area contributed by atoms with Crippen LogP contribution in [0.2, 0.25) is 0 Å². The lowest BCUT2D eigenvalue weighted by molar-refractivity contribution is -0.153. The number of ether oxygens (including phenoxy) is 2. The number of nitrogens with one attached hydrogen (secondary N) is 1. The number of hydrogen-bond donors (Lipinski definition) is 1. The van der Waals surface area contributed by atoms with E-state index >= 15 is 0 Å². The molecule has 5 nitrogen and oxygen atoms in total. The minimum Gasteiger partial charge on any atom is -0.468 e. The molecule has 0 aliphatic carbocycles. The smallest absolute Gasteiger partial charge is 0.325 e. The van der Waals surface area contributed by atoms with Crippen molar-refractivity contribution in [1.29, 1.82) is 0 Å². The second kappa shape index (κ2) is 7.94. The number of halogens is 1. The Bertz CT molecular complexity index is 260. The molecule has 0 saturated carbocycles. The molecule has 0 aromatic rings. The quantitative estimate of drug-likeness (QED) is 0.752. The van der Waals surface area contributed by atoms with E-state index < -0.39 is 0 Å². The van der Waals surface area contributed by atoms with Crippen LogP contribution >= 0.6 is 12.4 Å². The molecule has 106 valence electrons. The summed E-state index contributed by atoms with van der Waals surface area (Å²) in [4.78, 5) is 13.9. The van der Waals surface area contributed by atoms with E-state index in [-0.39, 0.29) is 24.4 Å². The summed E-state index contributed by atoms with van der Waals surface area (Å²) >= 11 is 0. The third-order valence-electron chi connectivity index (χ3n) is 3.60. The molecular weight excluding hydrogens is 256 g/mol. The molecule has 0 radical (unpaired) electrons. The number of morpholine rings is 1. The minimum absolute atomic E-state index is 0. The first-order valence-electron chi connectivity index (χ1n) is 6.41. The van der Waals surface area contributed by atoms with Crippen LogP contribution < -0.4 is 5.32 Å². The number of carbonyl (C=O) groups is 1. The highest BCUT2D eigenvalue weighted by atomic mass is 35.5. The monoisotopic (exact) mass is 278 g/mol. The van der Waals surface area contributed by atoms with Crippen molar-refractivity contribution in [2.45, 2.75) is 18.9 Å². The van der Waals surface area contributed by atoms with Crippen LogP contribution in [0.15, 0.2) is 0 Å². The zero-order valence-corrected chi connectivity index (χ0v) is 11.7. The van der Waals surface area contributed by atoms with Crippen molar-refractivity contribution in [3.63, 3.8) is 0 Å². The summed E-state index contributed by atoms with van der Waals surface area (Å²) in [5.74, 6) is 0.475. The van der Waals surface area contributed by atoms with Gasteiger partial charge in [-0.1, -0.05) is 0 Å². The third kappa shape index (κ3) is 4.09. The van der Waals surface area contributed by atoms with Crippen LogP contribution in [0.5, 0.6) is 0 Å². The molecule has 2 rings (SSSR count). The summed E-state index contributed by atoms with van der Waals surface area (Å²) in [5, 5.41) is 3.41. The van der Waals surface area contributed by atoms with E-state index in [4.69, 9.17) is 9.47 Å². The molecule has 2 aliphatic heterocycles. The van der Waals surface area contributed by atoms with Gasteiger partial charge in [-0.3, -0.25) is 9.69 Å². The highest BCUT2D eigenvalue weighted by Gasteiger charge is 2.31. The number of methoxy groups -OCH3 is 1. The first kappa shape index (κ1) is 15.7. The normalized spacial score (nSPS) is 29.4. The molecule has 0 amide bonds. The highest BCUT2D eigenvalue weighted by Crippen LogP contribution is 2.16. The third-order valence-corrected chi connectivity index (χ3v) is 3.60. The lowest BCUT2D eigenvalue weighted by Crippen LogP contribution is -2.53. The van der Waals surface area contributed by atoms with Crippen LogP contribution in [-0.2, 0) is 14.3 Å². The topological polar surface area (TPSA) is 50.8 Å². The molecule has 1 N–H and O–H groups in total. The predicted molar refractivity (Wildman–Crippen MR) is 71.0 cm³/mol. The standard InChI is InChI=1S/C12H22N2O3.ClH/c1-16-12(15)11-9-17-6-5-14(11)8-10-3-2-4-13-7-10;/h10-11,13H,2-9H2,1H3;1H. The van der Waals surface area contributed by atoms with Gasteiger partial charge in [0.1, 0.15) is 6.04 Å². The first-order valence-corrected chi connectivity index (χ1v) is 6.41. The molecule has 0 bridgehead atoms. The lowest BCUT2D eigenvalue weighted by atomic mass is 9.98. The van der Waals surface area contributed by atoms with Crippen molar-refractivity contribution in [3.8, 4) is 0 Å². The van der Waals surface area contributed by atoms with Crippen molar-refractivity contribution >= 4 is 18.4 Å². The maximum atomic E-state index is 11.7. The number of esters is 1. The van der Waals surface area contributed by atoms with Crippen LogP contribution in [-0.4, -0.2) is 63.4 Å². The summed E-state index contributed by atoms with van der Waals surface area (Å²) in [6, 6.07) is -0.212. The largest absolute Gasteiger partial charge is 0.468 e. The second-order valence-electron chi connectivity index (χ2n) is 4.82. The van der Waals surface area contributed by atoms with Gasteiger partial charge in [0.25, 0.3) is 0 Å². The SMILES string of the molecule is COC(=O)C1COCCN1CC1CCCNC1.Cl. The van der Waals surface area contributed by atoms with Crippen molar-refractivity contribution in [2.24, 2.45) is 5.92 Å². The van der Waals surface area contributed by atoms with Gasteiger partial charge >= 0.3 is 5.97 Å². The van der Waals surface area contributed by atoms with Gasteiger partial charge in [0.05, 0.1) is 20.3 Å². The molecule has 6 heteroatoms. The molecule has 0 aromatic heterocycles. The lowest BCUT2D eigenvalue weighted by Gasteiger charge is -2.37. The van der Waals surface area contributed by atoms with Crippen LogP contribution in [0.25, 0.3) is 0 Å². The molecule has 2 heterocycles. The van der Waals surface area contributed by atoms with Crippen LogP contribution in [0.3, 0.4) is 0 Å². The number of carbonyl (C=O) groups excluding carboxylic acids is 1. The molecule has 2 atom stereocenters. The van der Waals surface area contributed by atoms with Gasteiger partial charge in [0, 0.05) is 13.1 Å².